The van der Waals surface area contributed by atoms with E-state index in [2.05, 4.69) is 10.6 Å². The van der Waals surface area contributed by atoms with E-state index >= 15 is 0 Å². The van der Waals surface area contributed by atoms with Gasteiger partial charge < -0.3 is 15.1 Å². The zero-order valence-electron chi connectivity index (χ0n) is 14.3. The van der Waals surface area contributed by atoms with E-state index in [1.165, 1.54) is 0 Å². The maximum Gasteiger partial charge on any atom is 0.291 e. The fourth-order valence-corrected chi connectivity index (χ4v) is 2.90. The molecule has 1 amide bonds. The lowest BCUT2D eigenvalue weighted by Crippen LogP contribution is -2.12. The largest absolute Gasteiger partial charge is 0.451 e. The molecule has 4 aromatic rings. The van der Waals surface area contributed by atoms with E-state index in [1.54, 1.807) is 0 Å². The monoisotopic (exact) mass is 342 g/mol. The van der Waals surface area contributed by atoms with E-state index in [9.17, 15) is 4.79 Å². The highest BCUT2D eigenvalue weighted by Gasteiger charge is 2.17. The number of nitrogens with one attached hydrogen (secondary N) is 2. The Balaban J connectivity index is 1.49. The fourth-order valence-electron chi connectivity index (χ4n) is 2.90. The molecule has 0 aliphatic rings. The van der Waals surface area contributed by atoms with E-state index in [-0.39, 0.29) is 5.91 Å². The van der Waals surface area contributed by atoms with Gasteiger partial charge in [0.25, 0.3) is 5.91 Å². The average Bonchev–Trinajstić information content (AvgIpc) is 3.01. The van der Waals surface area contributed by atoms with Crippen molar-refractivity contribution in [2.45, 2.75) is 6.92 Å². The van der Waals surface area contributed by atoms with Crippen molar-refractivity contribution in [3.05, 3.63) is 90.2 Å². The van der Waals surface area contributed by atoms with Crippen molar-refractivity contribution in [1.82, 2.24) is 0 Å². The average molecular weight is 342 g/mol. The first-order chi connectivity index (χ1) is 12.7. The summed E-state index contributed by atoms with van der Waals surface area (Å²) in [7, 11) is 0. The summed E-state index contributed by atoms with van der Waals surface area (Å²) in [5, 5.41) is 7.16. The van der Waals surface area contributed by atoms with Crippen LogP contribution < -0.4 is 10.6 Å². The molecule has 0 atom stereocenters. The summed E-state index contributed by atoms with van der Waals surface area (Å²) in [5.41, 5.74) is 4.25. The van der Waals surface area contributed by atoms with Crippen molar-refractivity contribution >= 4 is 33.9 Å². The molecule has 0 bridgehead atoms. The van der Waals surface area contributed by atoms with Crippen LogP contribution in [0.5, 0.6) is 0 Å². The van der Waals surface area contributed by atoms with Crippen molar-refractivity contribution < 1.29 is 9.21 Å². The minimum Gasteiger partial charge on any atom is -0.451 e. The van der Waals surface area contributed by atoms with Gasteiger partial charge in [-0.15, -0.1) is 0 Å². The molecule has 4 heteroatoms. The minimum absolute atomic E-state index is 0.248. The van der Waals surface area contributed by atoms with Gasteiger partial charge in [0.1, 0.15) is 5.58 Å². The first kappa shape index (κ1) is 16.0. The second-order valence-corrected chi connectivity index (χ2v) is 6.07. The van der Waals surface area contributed by atoms with Gasteiger partial charge in [0.05, 0.1) is 0 Å². The third-order valence-corrected chi connectivity index (χ3v) is 4.26. The van der Waals surface area contributed by atoms with Gasteiger partial charge in [0.15, 0.2) is 5.76 Å². The van der Waals surface area contributed by atoms with Crippen LogP contribution in [0.3, 0.4) is 0 Å². The Morgan fingerprint density at radius 3 is 2.12 bits per heavy atom. The highest BCUT2D eigenvalue weighted by molar-refractivity contribution is 6.06. The third-order valence-electron chi connectivity index (χ3n) is 4.26. The highest BCUT2D eigenvalue weighted by Crippen LogP contribution is 2.26. The number of hydrogen-bond acceptors (Lipinski definition) is 3. The number of furan rings is 1. The smallest absolute Gasteiger partial charge is 0.291 e. The first-order valence-corrected chi connectivity index (χ1v) is 8.42. The lowest BCUT2D eigenvalue weighted by Gasteiger charge is -2.08. The molecule has 0 spiro atoms. The van der Waals surface area contributed by atoms with E-state index in [1.807, 2.05) is 85.8 Å². The summed E-state index contributed by atoms with van der Waals surface area (Å²) < 4.78 is 5.71. The topological polar surface area (TPSA) is 54.3 Å². The summed E-state index contributed by atoms with van der Waals surface area (Å²) in [5.74, 6) is 0.0974. The predicted octanol–water partition coefficient (Wildman–Crippen LogP) is 5.74. The van der Waals surface area contributed by atoms with Crippen LogP contribution in [0.2, 0.25) is 0 Å². The lowest BCUT2D eigenvalue weighted by atomic mass is 10.1. The van der Waals surface area contributed by atoms with Crippen molar-refractivity contribution in [2.75, 3.05) is 10.6 Å². The van der Waals surface area contributed by atoms with E-state index < -0.39 is 0 Å². The van der Waals surface area contributed by atoms with Crippen molar-refractivity contribution in [3.63, 3.8) is 0 Å². The number of para-hydroxylation sites is 2. The molecule has 1 aromatic heterocycles. The Labute approximate surface area is 151 Å². The first-order valence-electron chi connectivity index (χ1n) is 8.42. The van der Waals surface area contributed by atoms with Gasteiger partial charge in [-0.1, -0.05) is 36.4 Å². The normalized spacial score (nSPS) is 10.7. The number of carbonyl (C=O) groups is 1. The van der Waals surface area contributed by atoms with E-state index in [0.29, 0.717) is 11.4 Å². The Kier molecular flexibility index (Phi) is 4.15. The van der Waals surface area contributed by atoms with Gasteiger partial charge in [0.2, 0.25) is 0 Å². The van der Waals surface area contributed by atoms with Gasteiger partial charge in [0, 0.05) is 28.0 Å². The molecule has 0 aliphatic carbocycles. The van der Waals surface area contributed by atoms with E-state index in [4.69, 9.17) is 4.42 Å². The molecule has 0 unspecified atom stereocenters. The third kappa shape index (κ3) is 3.17. The van der Waals surface area contributed by atoms with Gasteiger partial charge in [-0.25, -0.2) is 0 Å². The van der Waals surface area contributed by atoms with Crippen LogP contribution in [-0.4, -0.2) is 5.91 Å². The summed E-state index contributed by atoms with van der Waals surface area (Å²) in [6, 6.07) is 25.2. The molecule has 0 aliphatic heterocycles. The number of carbonyl (C=O) groups excluding carboxylic acids is 1. The molecule has 26 heavy (non-hydrogen) atoms. The molecule has 0 fully saturated rings. The minimum atomic E-state index is -0.248. The number of fused-ring (bicyclic) bond motifs is 1. The van der Waals surface area contributed by atoms with Crippen molar-refractivity contribution in [2.24, 2.45) is 0 Å². The predicted molar refractivity (Wildman–Crippen MR) is 105 cm³/mol. The number of amides is 1. The molecule has 2 N–H and O–H groups in total. The number of aryl methyl sites for hydroxylation is 1. The number of rotatable bonds is 4. The number of hydrogen-bond donors (Lipinski definition) is 2. The standard InChI is InChI=1S/C22H18N2O2/c1-15-19-9-5-6-10-20(19)26-21(15)22(25)24-18-13-11-17(12-14-18)23-16-7-3-2-4-8-16/h2-14,23H,1H3,(H,24,25). The molecule has 3 aromatic carbocycles. The molecular weight excluding hydrogens is 324 g/mol. The summed E-state index contributed by atoms with van der Waals surface area (Å²) in [6.45, 7) is 1.90. The van der Waals surface area contributed by atoms with Crippen LogP contribution in [0, 0.1) is 6.92 Å². The molecule has 128 valence electrons. The Hall–Kier alpha value is -3.53. The second-order valence-electron chi connectivity index (χ2n) is 6.07. The number of anilines is 3. The summed E-state index contributed by atoms with van der Waals surface area (Å²) in [4.78, 5) is 12.6. The SMILES string of the molecule is Cc1c(C(=O)Nc2ccc(Nc3ccccc3)cc2)oc2ccccc12. The molecule has 0 radical (unpaired) electrons. The van der Waals surface area contributed by atoms with Gasteiger partial charge in [-0.3, -0.25) is 4.79 Å². The lowest BCUT2D eigenvalue weighted by molar-refractivity contribution is 0.0998. The van der Waals surface area contributed by atoms with Gasteiger partial charge in [-0.2, -0.15) is 0 Å². The summed E-state index contributed by atoms with van der Waals surface area (Å²) in [6.07, 6.45) is 0. The van der Waals surface area contributed by atoms with Crippen LogP contribution in [0.1, 0.15) is 16.1 Å². The Bertz CT molecular complexity index is 1050. The molecule has 0 saturated heterocycles. The molecule has 0 saturated carbocycles. The van der Waals surface area contributed by atoms with Crippen LogP contribution in [-0.2, 0) is 0 Å². The van der Waals surface area contributed by atoms with Gasteiger partial charge in [-0.05, 0) is 49.4 Å². The maximum atomic E-state index is 12.6. The maximum absolute atomic E-state index is 12.6. The molecular formula is C22H18N2O2. The zero-order valence-corrected chi connectivity index (χ0v) is 14.3. The summed E-state index contributed by atoms with van der Waals surface area (Å²) >= 11 is 0. The van der Waals surface area contributed by atoms with Crippen molar-refractivity contribution in [1.29, 1.82) is 0 Å². The van der Waals surface area contributed by atoms with Crippen LogP contribution in [0.15, 0.2) is 83.3 Å². The van der Waals surface area contributed by atoms with Crippen LogP contribution in [0.4, 0.5) is 17.1 Å². The van der Waals surface area contributed by atoms with Crippen LogP contribution in [0.25, 0.3) is 11.0 Å². The Morgan fingerprint density at radius 1 is 0.769 bits per heavy atom. The second kappa shape index (κ2) is 6.76. The Morgan fingerprint density at radius 2 is 1.38 bits per heavy atom. The fraction of sp³-hybridized carbons (Fsp3) is 0.0455. The van der Waals surface area contributed by atoms with Gasteiger partial charge >= 0.3 is 0 Å². The van der Waals surface area contributed by atoms with E-state index in [0.717, 1.165) is 27.9 Å². The molecule has 4 nitrogen and oxygen atoms in total. The molecule has 4 rings (SSSR count). The number of benzene rings is 3. The highest BCUT2D eigenvalue weighted by atomic mass is 16.3. The quantitative estimate of drug-likeness (QED) is 0.497. The van der Waals surface area contributed by atoms with Crippen molar-refractivity contribution in [3.8, 4) is 0 Å². The van der Waals surface area contributed by atoms with Crippen LogP contribution >= 0.6 is 0 Å². The molecule has 1 heterocycles. The zero-order chi connectivity index (χ0) is 17.9.